The van der Waals surface area contributed by atoms with Gasteiger partial charge in [0.05, 0.1) is 6.61 Å². The molecule has 1 aromatic carbocycles. The molecule has 0 spiro atoms. The molecule has 0 saturated carbocycles. The first-order valence-electron chi connectivity index (χ1n) is 6.95. The van der Waals surface area contributed by atoms with Crippen LogP contribution in [0.3, 0.4) is 0 Å². The Hall–Kier alpha value is -1.77. The van der Waals surface area contributed by atoms with Crippen molar-refractivity contribution in [1.29, 1.82) is 0 Å². The molecule has 0 radical (unpaired) electrons. The second-order valence-electron chi connectivity index (χ2n) is 6.29. The molecule has 0 bridgehead atoms. The summed E-state index contributed by atoms with van der Waals surface area (Å²) in [5, 5.41) is 0. The largest absolute Gasteiger partial charge is 0.493 e. The minimum atomic E-state index is -0.467. The zero-order valence-electron chi connectivity index (χ0n) is 12.8. The zero-order valence-corrected chi connectivity index (χ0v) is 12.8. The highest BCUT2D eigenvalue weighted by Crippen LogP contribution is 2.38. The highest BCUT2D eigenvalue weighted by atomic mass is 16.6. The van der Waals surface area contributed by atoms with E-state index in [9.17, 15) is 4.79 Å². The van der Waals surface area contributed by atoms with E-state index in [1.54, 1.807) is 0 Å². The third-order valence-corrected chi connectivity index (χ3v) is 3.24. The Balaban J connectivity index is 2.26. The molecule has 0 N–H and O–H groups in total. The maximum atomic E-state index is 11.8. The minimum absolute atomic E-state index is 0.318. The normalized spacial score (nSPS) is 17.9. The van der Waals surface area contributed by atoms with Gasteiger partial charge in [0.25, 0.3) is 0 Å². The van der Waals surface area contributed by atoms with E-state index in [2.05, 4.69) is 6.92 Å². The Morgan fingerprint density at radius 2 is 2.10 bits per heavy atom. The Morgan fingerprint density at radius 1 is 1.40 bits per heavy atom. The predicted octanol–water partition coefficient (Wildman–Crippen LogP) is 3.85. The number of carbonyl (C=O) groups excluding carboxylic acids is 1. The van der Waals surface area contributed by atoms with Crippen molar-refractivity contribution in [3.05, 3.63) is 34.9 Å². The number of fused-ring (bicyclic) bond motifs is 1. The molecule has 1 aromatic rings. The van der Waals surface area contributed by atoms with Crippen molar-refractivity contribution in [3.8, 4) is 5.75 Å². The third-order valence-electron chi connectivity index (χ3n) is 3.24. The van der Waals surface area contributed by atoms with Crippen LogP contribution in [0.1, 0.15) is 50.3 Å². The lowest BCUT2D eigenvalue weighted by molar-refractivity contribution is -0.148. The van der Waals surface area contributed by atoms with E-state index >= 15 is 0 Å². The summed E-state index contributed by atoms with van der Waals surface area (Å²) in [6, 6.07) is 4.02. The van der Waals surface area contributed by atoms with Gasteiger partial charge >= 0.3 is 5.97 Å². The molecule has 1 unspecified atom stereocenters. The lowest BCUT2D eigenvalue weighted by Gasteiger charge is -2.18. The molecule has 0 fully saturated rings. The van der Waals surface area contributed by atoms with Crippen molar-refractivity contribution in [2.75, 3.05) is 6.61 Å². The van der Waals surface area contributed by atoms with Crippen molar-refractivity contribution < 1.29 is 14.3 Å². The topological polar surface area (TPSA) is 35.5 Å². The number of hydrogen-bond acceptors (Lipinski definition) is 3. The standard InChI is InChI=1S/C17H22O3/c1-11-6-8-14-16(12(2)10-19-14)13(11)7-9-15(18)20-17(3,4)5/h6-9,12H,10H2,1-5H3/b9-7+. The van der Waals surface area contributed by atoms with Gasteiger partial charge in [-0.2, -0.15) is 0 Å². The van der Waals surface area contributed by atoms with Gasteiger partial charge in [0.1, 0.15) is 11.4 Å². The van der Waals surface area contributed by atoms with E-state index in [0.717, 1.165) is 16.9 Å². The van der Waals surface area contributed by atoms with Gasteiger partial charge in [-0.05, 0) is 51.0 Å². The van der Waals surface area contributed by atoms with Crippen molar-refractivity contribution in [2.24, 2.45) is 0 Å². The van der Waals surface area contributed by atoms with E-state index in [-0.39, 0.29) is 5.97 Å². The van der Waals surface area contributed by atoms with Crippen LogP contribution in [0.2, 0.25) is 0 Å². The average Bonchev–Trinajstić information content (AvgIpc) is 2.68. The van der Waals surface area contributed by atoms with Gasteiger partial charge in [-0.25, -0.2) is 4.79 Å². The second kappa shape index (κ2) is 5.31. The number of esters is 1. The highest BCUT2D eigenvalue weighted by molar-refractivity contribution is 5.88. The van der Waals surface area contributed by atoms with E-state index in [0.29, 0.717) is 12.5 Å². The average molecular weight is 274 g/mol. The van der Waals surface area contributed by atoms with E-state index < -0.39 is 5.60 Å². The lowest BCUT2D eigenvalue weighted by Crippen LogP contribution is -2.22. The number of carbonyl (C=O) groups is 1. The molecule has 0 aliphatic carbocycles. The SMILES string of the molecule is Cc1ccc2c(c1/C=C/C(=O)OC(C)(C)C)C(C)CO2. The molecule has 0 aromatic heterocycles. The summed E-state index contributed by atoms with van der Waals surface area (Å²) in [7, 11) is 0. The Morgan fingerprint density at radius 3 is 2.75 bits per heavy atom. The van der Waals surface area contributed by atoms with Crippen LogP contribution >= 0.6 is 0 Å². The Kier molecular flexibility index (Phi) is 3.89. The van der Waals surface area contributed by atoms with Crippen LogP contribution in [0.15, 0.2) is 18.2 Å². The molecule has 20 heavy (non-hydrogen) atoms. The second-order valence-corrected chi connectivity index (χ2v) is 6.29. The first kappa shape index (κ1) is 14.6. The van der Waals surface area contributed by atoms with Gasteiger partial charge in [0.2, 0.25) is 0 Å². The number of ether oxygens (including phenoxy) is 2. The molecule has 0 amide bonds. The van der Waals surface area contributed by atoms with E-state index in [4.69, 9.17) is 9.47 Å². The Labute approximate surface area is 120 Å². The first-order valence-corrected chi connectivity index (χ1v) is 6.95. The summed E-state index contributed by atoms with van der Waals surface area (Å²) < 4.78 is 10.9. The fourth-order valence-electron chi connectivity index (χ4n) is 2.37. The van der Waals surface area contributed by atoms with Crippen LogP contribution in [0.4, 0.5) is 0 Å². The molecule has 0 saturated heterocycles. The molecule has 2 rings (SSSR count). The van der Waals surface area contributed by atoms with Gasteiger partial charge in [0.15, 0.2) is 0 Å². The van der Waals surface area contributed by atoms with Gasteiger partial charge in [-0.15, -0.1) is 0 Å². The molecular weight excluding hydrogens is 252 g/mol. The Bertz CT molecular complexity index is 550. The smallest absolute Gasteiger partial charge is 0.331 e. The van der Waals surface area contributed by atoms with Crippen LogP contribution in [0, 0.1) is 6.92 Å². The number of benzene rings is 1. The molecule has 3 heteroatoms. The van der Waals surface area contributed by atoms with Gasteiger partial charge in [-0.3, -0.25) is 0 Å². The monoisotopic (exact) mass is 274 g/mol. The number of hydrogen-bond donors (Lipinski definition) is 0. The van der Waals surface area contributed by atoms with Crippen molar-refractivity contribution in [2.45, 2.75) is 46.1 Å². The van der Waals surface area contributed by atoms with Crippen LogP contribution in [0.25, 0.3) is 6.08 Å². The predicted molar refractivity (Wildman–Crippen MR) is 80.0 cm³/mol. The van der Waals surface area contributed by atoms with Crippen LogP contribution in [-0.4, -0.2) is 18.2 Å². The number of rotatable bonds is 2. The lowest BCUT2D eigenvalue weighted by atomic mass is 9.93. The summed E-state index contributed by atoms with van der Waals surface area (Å²) in [4.78, 5) is 11.8. The maximum absolute atomic E-state index is 11.8. The summed E-state index contributed by atoms with van der Waals surface area (Å²) in [5.41, 5.74) is 2.93. The summed E-state index contributed by atoms with van der Waals surface area (Å²) in [5.74, 6) is 0.955. The molecule has 108 valence electrons. The molecule has 1 aliphatic heterocycles. The number of aryl methyl sites for hydroxylation is 1. The zero-order chi connectivity index (χ0) is 14.9. The fourth-order valence-corrected chi connectivity index (χ4v) is 2.37. The van der Waals surface area contributed by atoms with Gasteiger partial charge in [0, 0.05) is 17.6 Å². The van der Waals surface area contributed by atoms with Gasteiger partial charge < -0.3 is 9.47 Å². The quantitative estimate of drug-likeness (QED) is 0.607. The third kappa shape index (κ3) is 3.21. The van der Waals surface area contributed by atoms with E-state index in [1.165, 1.54) is 11.6 Å². The van der Waals surface area contributed by atoms with E-state index in [1.807, 2.05) is 45.9 Å². The molecule has 3 nitrogen and oxygen atoms in total. The van der Waals surface area contributed by atoms with Crippen molar-refractivity contribution in [1.82, 2.24) is 0 Å². The highest BCUT2D eigenvalue weighted by Gasteiger charge is 2.23. The maximum Gasteiger partial charge on any atom is 0.331 e. The molecule has 1 aliphatic rings. The van der Waals surface area contributed by atoms with Crippen molar-refractivity contribution in [3.63, 3.8) is 0 Å². The molecule has 1 heterocycles. The van der Waals surface area contributed by atoms with Crippen LogP contribution in [0.5, 0.6) is 5.75 Å². The van der Waals surface area contributed by atoms with Crippen LogP contribution in [-0.2, 0) is 9.53 Å². The van der Waals surface area contributed by atoms with Crippen molar-refractivity contribution >= 4 is 12.0 Å². The van der Waals surface area contributed by atoms with Crippen LogP contribution < -0.4 is 4.74 Å². The van der Waals surface area contributed by atoms with Gasteiger partial charge in [-0.1, -0.05) is 13.0 Å². The summed E-state index contributed by atoms with van der Waals surface area (Å²) >= 11 is 0. The molecular formula is C17H22O3. The molecule has 1 atom stereocenters. The minimum Gasteiger partial charge on any atom is -0.493 e. The fraction of sp³-hybridized carbons (Fsp3) is 0.471. The summed E-state index contributed by atoms with van der Waals surface area (Å²) in [6.45, 7) is 10.5. The summed E-state index contributed by atoms with van der Waals surface area (Å²) in [6.07, 6.45) is 3.34. The first-order chi connectivity index (χ1) is 9.28.